The fraction of sp³-hybridized carbons (Fsp3) is 0.579. The summed E-state index contributed by atoms with van der Waals surface area (Å²) in [5.74, 6) is -0.245. The molecule has 0 aliphatic heterocycles. The predicted octanol–water partition coefficient (Wildman–Crippen LogP) is 2.78. The van der Waals surface area contributed by atoms with E-state index in [0.29, 0.717) is 11.6 Å². The van der Waals surface area contributed by atoms with E-state index in [9.17, 15) is 14.0 Å². The Balaban J connectivity index is 1.83. The van der Waals surface area contributed by atoms with Crippen LogP contribution in [0.1, 0.15) is 39.5 Å². The van der Waals surface area contributed by atoms with Crippen molar-refractivity contribution in [2.45, 2.75) is 51.6 Å². The predicted molar refractivity (Wildman–Crippen MR) is 96.7 cm³/mol. The third-order valence-corrected chi connectivity index (χ3v) is 4.98. The minimum Gasteiger partial charge on any atom is -0.352 e. The van der Waals surface area contributed by atoms with Crippen LogP contribution in [0.5, 0.6) is 0 Å². The van der Waals surface area contributed by atoms with Gasteiger partial charge in [0.25, 0.3) is 0 Å². The van der Waals surface area contributed by atoms with Crippen LogP contribution in [0.15, 0.2) is 24.3 Å². The molecule has 1 aliphatic rings. The van der Waals surface area contributed by atoms with Crippen molar-refractivity contribution in [2.75, 3.05) is 18.9 Å². The molecule has 0 aromatic heterocycles. The van der Waals surface area contributed by atoms with E-state index in [2.05, 4.69) is 17.6 Å². The van der Waals surface area contributed by atoms with E-state index in [4.69, 9.17) is 0 Å². The van der Waals surface area contributed by atoms with Crippen molar-refractivity contribution in [3.05, 3.63) is 30.1 Å². The van der Waals surface area contributed by atoms with Gasteiger partial charge in [-0.3, -0.25) is 14.5 Å². The van der Waals surface area contributed by atoms with Crippen LogP contribution in [0.3, 0.4) is 0 Å². The second kappa shape index (κ2) is 8.94. The summed E-state index contributed by atoms with van der Waals surface area (Å²) in [5, 5.41) is 5.76. The lowest BCUT2D eigenvalue weighted by atomic mass is 9.86. The first-order valence-corrected chi connectivity index (χ1v) is 8.93. The summed E-state index contributed by atoms with van der Waals surface area (Å²) in [6.07, 6.45) is 4.54. The Morgan fingerprint density at radius 1 is 1.32 bits per heavy atom. The standard InChI is InChI=1S/C19H28FN3O2/c1-13-7-4-5-10-17(13)22-19(25)14(2)23(3)12-18(24)21-16-9-6-8-15(20)11-16/h6,8-9,11,13-14,17H,4-5,7,10,12H2,1-3H3,(H,21,24)(H,22,25)/t13-,14-,17-/m1/s1. The zero-order valence-corrected chi connectivity index (χ0v) is 15.2. The van der Waals surface area contributed by atoms with Gasteiger partial charge in [0.1, 0.15) is 5.82 Å². The molecule has 6 heteroatoms. The first-order valence-electron chi connectivity index (χ1n) is 8.93. The third-order valence-electron chi connectivity index (χ3n) is 4.98. The lowest BCUT2D eigenvalue weighted by Crippen LogP contribution is -2.50. The van der Waals surface area contributed by atoms with Crippen molar-refractivity contribution in [3.63, 3.8) is 0 Å². The van der Waals surface area contributed by atoms with Crippen LogP contribution in [0.25, 0.3) is 0 Å². The lowest BCUT2D eigenvalue weighted by molar-refractivity contribution is -0.127. The van der Waals surface area contributed by atoms with Crippen molar-refractivity contribution < 1.29 is 14.0 Å². The topological polar surface area (TPSA) is 61.4 Å². The van der Waals surface area contributed by atoms with Gasteiger partial charge in [-0.25, -0.2) is 4.39 Å². The molecule has 0 bridgehead atoms. The van der Waals surface area contributed by atoms with Crippen molar-refractivity contribution in [1.82, 2.24) is 10.2 Å². The minimum absolute atomic E-state index is 0.0557. The van der Waals surface area contributed by atoms with Crippen LogP contribution in [-0.2, 0) is 9.59 Å². The van der Waals surface area contributed by atoms with Crippen LogP contribution in [0, 0.1) is 11.7 Å². The summed E-state index contributed by atoms with van der Waals surface area (Å²) < 4.78 is 13.2. The van der Waals surface area contributed by atoms with Gasteiger partial charge in [0.2, 0.25) is 11.8 Å². The number of hydrogen-bond donors (Lipinski definition) is 2. The van der Waals surface area contributed by atoms with Crippen molar-refractivity contribution in [1.29, 1.82) is 0 Å². The molecule has 0 heterocycles. The molecule has 2 rings (SSSR count). The molecule has 0 unspecified atom stereocenters. The molecule has 3 atom stereocenters. The summed E-state index contributed by atoms with van der Waals surface area (Å²) in [7, 11) is 1.74. The van der Waals surface area contributed by atoms with Gasteiger partial charge in [0, 0.05) is 11.7 Å². The third kappa shape index (κ3) is 5.81. The van der Waals surface area contributed by atoms with Gasteiger partial charge in [0.05, 0.1) is 12.6 Å². The fourth-order valence-electron chi connectivity index (χ4n) is 3.16. The second-order valence-corrected chi connectivity index (χ2v) is 7.03. The molecule has 1 aromatic rings. The van der Waals surface area contributed by atoms with E-state index in [-0.39, 0.29) is 24.4 Å². The summed E-state index contributed by atoms with van der Waals surface area (Å²) >= 11 is 0. The number of amides is 2. The molecular formula is C19H28FN3O2. The Bertz CT molecular complexity index is 608. The van der Waals surface area contributed by atoms with E-state index in [1.165, 1.54) is 24.6 Å². The number of nitrogens with zero attached hydrogens (tertiary/aromatic N) is 1. The average molecular weight is 349 g/mol. The van der Waals surface area contributed by atoms with Gasteiger partial charge in [-0.05, 0) is 50.9 Å². The summed E-state index contributed by atoms with van der Waals surface area (Å²) in [5.41, 5.74) is 0.409. The smallest absolute Gasteiger partial charge is 0.238 e. The number of carbonyl (C=O) groups excluding carboxylic acids is 2. The maximum atomic E-state index is 13.2. The fourth-order valence-corrected chi connectivity index (χ4v) is 3.16. The quantitative estimate of drug-likeness (QED) is 0.830. The highest BCUT2D eigenvalue weighted by Gasteiger charge is 2.26. The minimum atomic E-state index is -0.410. The monoisotopic (exact) mass is 349 g/mol. The molecule has 0 radical (unpaired) electrons. The van der Waals surface area contributed by atoms with Crippen LogP contribution in [-0.4, -0.2) is 42.4 Å². The molecule has 2 amide bonds. The second-order valence-electron chi connectivity index (χ2n) is 7.03. The molecule has 0 saturated heterocycles. The maximum Gasteiger partial charge on any atom is 0.238 e. The molecule has 0 spiro atoms. The zero-order valence-electron chi connectivity index (χ0n) is 15.2. The molecule has 25 heavy (non-hydrogen) atoms. The van der Waals surface area contributed by atoms with E-state index < -0.39 is 11.9 Å². The van der Waals surface area contributed by atoms with Gasteiger partial charge in [-0.2, -0.15) is 0 Å². The van der Waals surface area contributed by atoms with E-state index in [1.807, 2.05) is 0 Å². The molecule has 1 aromatic carbocycles. The highest BCUT2D eigenvalue weighted by molar-refractivity contribution is 5.92. The average Bonchev–Trinajstić information content (AvgIpc) is 2.56. The first-order chi connectivity index (χ1) is 11.9. The van der Waals surface area contributed by atoms with Crippen LogP contribution < -0.4 is 10.6 Å². The van der Waals surface area contributed by atoms with Crippen LogP contribution in [0.4, 0.5) is 10.1 Å². The number of rotatable bonds is 6. The van der Waals surface area contributed by atoms with Crippen LogP contribution >= 0.6 is 0 Å². The Morgan fingerprint density at radius 2 is 2.04 bits per heavy atom. The van der Waals surface area contributed by atoms with Gasteiger partial charge in [-0.15, -0.1) is 0 Å². The van der Waals surface area contributed by atoms with E-state index in [0.717, 1.165) is 19.3 Å². The molecular weight excluding hydrogens is 321 g/mol. The first kappa shape index (κ1) is 19.4. The van der Waals surface area contributed by atoms with Crippen LogP contribution in [0.2, 0.25) is 0 Å². The summed E-state index contributed by atoms with van der Waals surface area (Å²) in [6, 6.07) is 5.56. The molecule has 1 fully saturated rings. The Labute approximate surface area is 149 Å². The number of nitrogens with one attached hydrogen (secondary N) is 2. The Hall–Kier alpha value is -1.95. The normalized spacial score (nSPS) is 21.6. The highest BCUT2D eigenvalue weighted by Crippen LogP contribution is 2.23. The molecule has 1 aliphatic carbocycles. The van der Waals surface area contributed by atoms with E-state index >= 15 is 0 Å². The summed E-state index contributed by atoms with van der Waals surface area (Å²) in [4.78, 5) is 26.2. The van der Waals surface area contributed by atoms with Gasteiger partial charge in [0.15, 0.2) is 0 Å². The zero-order chi connectivity index (χ0) is 18.4. The van der Waals surface area contributed by atoms with Gasteiger partial charge in [-0.1, -0.05) is 25.8 Å². The number of hydrogen-bond acceptors (Lipinski definition) is 3. The van der Waals surface area contributed by atoms with Crippen molar-refractivity contribution in [2.24, 2.45) is 5.92 Å². The molecule has 1 saturated carbocycles. The summed E-state index contributed by atoms with van der Waals surface area (Å²) in [6.45, 7) is 4.02. The van der Waals surface area contributed by atoms with Gasteiger partial charge < -0.3 is 10.6 Å². The molecule has 138 valence electrons. The number of halogens is 1. The maximum absolute atomic E-state index is 13.2. The van der Waals surface area contributed by atoms with Crippen molar-refractivity contribution >= 4 is 17.5 Å². The lowest BCUT2D eigenvalue weighted by Gasteiger charge is -2.32. The van der Waals surface area contributed by atoms with Gasteiger partial charge >= 0.3 is 0 Å². The number of likely N-dealkylation sites (N-methyl/N-ethyl adjacent to an activating group) is 1. The molecule has 2 N–H and O–H groups in total. The Morgan fingerprint density at radius 3 is 2.72 bits per heavy atom. The number of carbonyl (C=O) groups is 2. The number of benzene rings is 1. The SMILES string of the molecule is C[C@@H]1CCCC[C@H]1NC(=O)[C@@H](C)N(C)CC(=O)Nc1cccc(F)c1. The highest BCUT2D eigenvalue weighted by atomic mass is 19.1. The molecule has 5 nitrogen and oxygen atoms in total. The van der Waals surface area contributed by atoms with Crippen molar-refractivity contribution in [3.8, 4) is 0 Å². The number of anilines is 1. The van der Waals surface area contributed by atoms with E-state index in [1.54, 1.807) is 24.9 Å². The largest absolute Gasteiger partial charge is 0.352 e. The Kier molecular flexibility index (Phi) is 6.93.